The molecule has 4 N–H and O–H groups in total. The average molecular weight is 364 g/mol. The van der Waals surface area contributed by atoms with Gasteiger partial charge in [-0.1, -0.05) is 43.2 Å². The van der Waals surface area contributed by atoms with Gasteiger partial charge in [-0.15, -0.1) is 0 Å². The molecule has 1 saturated carbocycles. The van der Waals surface area contributed by atoms with E-state index in [2.05, 4.69) is 26.1 Å². The molecule has 1 aliphatic rings. The molecule has 1 aliphatic carbocycles. The van der Waals surface area contributed by atoms with Crippen LogP contribution in [0.25, 0.3) is 11.0 Å². The quantitative estimate of drug-likeness (QED) is 0.380. The fourth-order valence-corrected chi connectivity index (χ4v) is 3.67. The number of thiocarbonyl (C=S) groups is 1. The highest BCUT2D eigenvalue weighted by atomic mass is 32.2. The van der Waals surface area contributed by atoms with E-state index in [1.54, 1.807) is 0 Å². The SMILES string of the molecule is O=C(CSc1nc2ccccc2[nH]1)NNC(=S)NC1CCCCC1. The van der Waals surface area contributed by atoms with Crippen molar-refractivity contribution in [3.05, 3.63) is 24.3 Å². The number of amides is 1. The van der Waals surface area contributed by atoms with Crippen LogP contribution in [-0.2, 0) is 4.79 Å². The summed E-state index contributed by atoms with van der Waals surface area (Å²) in [4.78, 5) is 19.5. The second-order valence-corrected chi connectivity index (χ2v) is 7.20. The summed E-state index contributed by atoms with van der Waals surface area (Å²) in [5.74, 6) is 0.118. The van der Waals surface area contributed by atoms with Gasteiger partial charge in [0.1, 0.15) is 0 Å². The number of para-hydroxylation sites is 2. The Morgan fingerprint density at radius 1 is 1.25 bits per heavy atom. The summed E-state index contributed by atoms with van der Waals surface area (Å²) < 4.78 is 0. The predicted octanol–water partition coefficient (Wildman–Crippen LogP) is 2.48. The molecule has 0 bridgehead atoms. The third kappa shape index (κ3) is 4.85. The van der Waals surface area contributed by atoms with Gasteiger partial charge in [-0.3, -0.25) is 15.6 Å². The predicted molar refractivity (Wildman–Crippen MR) is 101 cm³/mol. The van der Waals surface area contributed by atoms with E-state index >= 15 is 0 Å². The first kappa shape index (κ1) is 17.0. The maximum absolute atomic E-state index is 11.9. The van der Waals surface area contributed by atoms with Crippen molar-refractivity contribution in [3.63, 3.8) is 0 Å². The monoisotopic (exact) mass is 363 g/mol. The zero-order valence-corrected chi connectivity index (χ0v) is 14.9. The van der Waals surface area contributed by atoms with Crippen LogP contribution in [-0.4, -0.2) is 32.8 Å². The molecule has 3 rings (SSSR count). The van der Waals surface area contributed by atoms with E-state index in [0.29, 0.717) is 11.2 Å². The molecule has 1 aromatic carbocycles. The highest BCUT2D eigenvalue weighted by molar-refractivity contribution is 7.99. The molecule has 1 fully saturated rings. The normalized spacial score (nSPS) is 15.2. The van der Waals surface area contributed by atoms with Crippen LogP contribution in [0.3, 0.4) is 0 Å². The van der Waals surface area contributed by atoms with Crippen molar-refractivity contribution in [2.45, 2.75) is 43.3 Å². The van der Waals surface area contributed by atoms with Crippen molar-refractivity contribution in [1.29, 1.82) is 0 Å². The number of hydrogen-bond donors (Lipinski definition) is 4. The number of carbonyl (C=O) groups is 1. The highest BCUT2D eigenvalue weighted by Gasteiger charge is 2.14. The van der Waals surface area contributed by atoms with E-state index < -0.39 is 0 Å². The molecule has 6 nitrogen and oxygen atoms in total. The van der Waals surface area contributed by atoms with Crippen molar-refractivity contribution in [3.8, 4) is 0 Å². The van der Waals surface area contributed by atoms with E-state index in [-0.39, 0.29) is 11.7 Å². The highest BCUT2D eigenvalue weighted by Crippen LogP contribution is 2.19. The molecule has 0 aliphatic heterocycles. The lowest BCUT2D eigenvalue weighted by molar-refractivity contribution is -0.119. The molecule has 0 unspecified atom stereocenters. The molecule has 128 valence electrons. The molecule has 0 radical (unpaired) electrons. The Morgan fingerprint density at radius 3 is 2.83 bits per heavy atom. The Morgan fingerprint density at radius 2 is 2.04 bits per heavy atom. The Labute approximate surface area is 150 Å². The third-order valence-corrected chi connectivity index (χ3v) is 5.06. The average Bonchev–Trinajstić information content (AvgIpc) is 3.02. The van der Waals surface area contributed by atoms with Gasteiger partial charge in [0, 0.05) is 6.04 Å². The summed E-state index contributed by atoms with van der Waals surface area (Å²) in [6.07, 6.45) is 6.05. The first-order valence-electron chi connectivity index (χ1n) is 8.13. The molecular weight excluding hydrogens is 342 g/mol. The van der Waals surface area contributed by atoms with Crippen LogP contribution in [0.15, 0.2) is 29.4 Å². The lowest BCUT2D eigenvalue weighted by Crippen LogP contribution is -2.50. The molecule has 2 aromatic rings. The van der Waals surface area contributed by atoms with Crippen LogP contribution in [0.5, 0.6) is 0 Å². The molecule has 0 saturated heterocycles. The number of H-pyrrole nitrogens is 1. The number of aromatic amines is 1. The number of nitrogens with zero attached hydrogens (tertiary/aromatic N) is 1. The Balaban J connectivity index is 1.38. The molecule has 24 heavy (non-hydrogen) atoms. The van der Waals surface area contributed by atoms with Gasteiger partial charge in [-0.05, 0) is 37.2 Å². The number of thioether (sulfide) groups is 1. The number of benzene rings is 1. The van der Waals surface area contributed by atoms with Gasteiger partial charge in [0.15, 0.2) is 10.3 Å². The fourth-order valence-electron chi connectivity index (χ4n) is 2.76. The molecular formula is C16H21N5OS2. The number of fused-ring (bicyclic) bond motifs is 1. The maximum atomic E-state index is 11.9. The second-order valence-electron chi connectivity index (χ2n) is 5.83. The van der Waals surface area contributed by atoms with Crippen LogP contribution in [0.4, 0.5) is 0 Å². The number of imidazole rings is 1. The molecule has 8 heteroatoms. The third-order valence-electron chi connectivity index (χ3n) is 3.96. The number of rotatable bonds is 4. The van der Waals surface area contributed by atoms with Crippen molar-refractivity contribution < 1.29 is 4.79 Å². The van der Waals surface area contributed by atoms with Crippen molar-refractivity contribution in [2.75, 3.05) is 5.75 Å². The maximum Gasteiger partial charge on any atom is 0.248 e. The number of aromatic nitrogens is 2. The summed E-state index contributed by atoms with van der Waals surface area (Å²) >= 11 is 6.57. The molecule has 1 aromatic heterocycles. The zero-order chi connectivity index (χ0) is 16.8. The van der Waals surface area contributed by atoms with E-state index in [4.69, 9.17) is 12.2 Å². The first-order chi connectivity index (χ1) is 11.7. The van der Waals surface area contributed by atoms with Crippen LogP contribution in [0.1, 0.15) is 32.1 Å². The van der Waals surface area contributed by atoms with E-state index in [9.17, 15) is 4.79 Å². The smallest absolute Gasteiger partial charge is 0.248 e. The van der Waals surface area contributed by atoms with Gasteiger partial charge in [0.25, 0.3) is 0 Å². The van der Waals surface area contributed by atoms with E-state index in [0.717, 1.165) is 29.0 Å². The Bertz CT molecular complexity index is 678. The minimum absolute atomic E-state index is 0.145. The van der Waals surface area contributed by atoms with Gasteiger partial charge < -0.3 is 10.3 Å². The molecule has 1 amide bonds. The number of hydrazine groups is 1. The van der Waals surface area contributed by atoms with Gasteiger partial charge in [-0.2, -0.15) is 0 Å². The van der Waals surface area contributed by atoms with Crippen molar-refractivity contribution in [1.82, 2.24) is 26.1 Å². The number of carbonyl (C=O) groups excluding carboxylic acids is 1. The van der Waals surface area contributed by atoms with Gasteiger partial charge >= 0.3 is 0 Å². The largest absolute Gasteiger partial charge is 0.359 e. The van der Waals surface area contributed by atoms with Crippen LogP contribution >= 0.6 is 24.0 Å². The summed E-state index contributed by atoms with van der Waals surface area (Å²) in [5.41, 5.74) is 7.26. The van der Waals surface area contributed by atoms with Gasteiger partial charge in [-0.25, -0.2) is 4.98 Å². The van der Waals surface area contributed by atoms with E-state index in [1.165, 1.54) is 31.0 Å². The van der Waals surface area contributed by atoms with E-state index in [1.807, 2.05) is 24.3 Å². The first-order valence-corrected chi connectivity index (χ1v) is 9.53. The van der Waals surface area contributed by atoms with Crippen LogP contribution in [0.2, 0.25) is 0 Å². The van der Waals surface area contributed by atoms with Crippen LogP contribution < -0.4 is 16.2 Å². The Kier molecular flexibility index (Phi) is 5.92. The Hall–Kier alpha value is -1.80. The summed E-state index contributed by atoms with van der Waals surface area (Å²) in [6.45, 7) is 0. The molecule has 0 spiro atoms. The number of nitrogens with one attached hydrogen (secondary N) is 4. The topological polar surface area (TPSA) is 81.8 Å². The summed E-state index contributed by atoms with van der Waals surface area (Å²) in [7, 11) is 0. The van der Waals surface area contributed by atoms with Crippen molar-refractivity contribution >= 4 is 46.0 Å². The minimum atomic E-state index is -0.145. The van der Waals surface area contributed by atoms with Crippen LogP contribution in [0, 0.1) is 0 Å². The summed E-state index contributed by atoms with van der Waals surface area (Å²) in [5, 5.41) is 4.45. The zero-order valence-electron chi connectivity index (χ0n) is 13.3. The lowest BCUT2D eigenvalue weighted by Gasteiger charge is -2.24. The lowest BCUT2D eigenvalue weighted by atomic mass is 9.96. The van der Waals surface area contributed by atoms with Gasteiger partial charge in [0.05, 0.1) is 16.8 Å². The fraction of sp³-hybridized carbons (Fsp3) is 0.438. The van der Waals surface area contributed by atoms with Crippen molar-refractivity contribution in [2.24, 2.45) is 0 Å². The summed E-state index contributed by atoms with van der Waals surface area (Å²) in [6, 6.07) is 8.21. The minimum Gasteiger partial charge on any atom is -0.359 e. The second kappa shape index (κ2) is 8.34. The van der Waals surface area contributed by atoms with Gasteiger partial charge in [0.2, 0.25) is 5.91 Å². The molecule has 1 heterocycles. The number of hydrogen-bond acceptors (Lipinski definition) is 4. The standard InChI is InChI=1S/C16H21N5OS2/c22-14(20-21-15(23)17-11-6-2-1-3-7-11)10-24-16-18-12-8-4-5-9-13(12)19-16/h4-5,8-9,11H,1-3,6-7,10H2,(H,18,19)(H,20,22)(H2,17,21,23). The molecule has 0 atom stereocenters.